The van der Waals surface area contributed by atoms with Crippen molar-refractivity contribution in [3.63, 3.8) is 0 Å². The van der Waals surface area contributed by atoms with E-state index >= 15 is 0 Å². The van der Waals surface area contributed by atoms with Crippen molar-refractivity contribution in [2.75, 3.05) is 7.11 Å². The van der Waals surface area contributed by atoms with Crippen LogP contribution in [0.1, 0.15) is 22.7 Å². The number of benzene rings is 2. The molecule has 1 aliphatic heterocycles. The summed E-state index contributed by atoms with van der Waals surface area (Å²) in [5.74, 6) is -1.47. The van der Waals surface area contributed by atoms with E-state index in [1.54, 1.807) is 43.5 Å². The van der Waals surface area contributed by atoms with Gasteiger partial charge >= 0.3 is 0 Å². The standard InChI is InChI=1S/C24H19N3O6/c1-33-19-7-5-15(6-8-19)14-26-21(16-9-11-25-12-10-16)20(23(29)24(26)30)22(28)17-3-2-4-18(13-17)27(31)32/h2-13,21,28H,14H2,1H3/b22-20-. The third-order valence-electron chi connectivity index (χ3n) is 5.40. The van der Waals surface area contributed by atoms with Crippen LogP contribution in [0.4, 0.5) is 5.69 Å². The summed E-state index contributed by atoms with van der Waals surface area (Å²) in [6.45, 7) is 0.104. The zero-order valence-corrected chi connectivity index (χ0v) is 17.5. The number of carbonyl (C=O) groups excluding carboxylic acids is 2. The first kappa shape index (κ1) is 21.7. The van der Waals surface area contributed by atoms with Crippen molar-refractivity contribution in [3.8, 4) is 5.75 Å². The number of nitro benzene ring substituents is 1. The lowest BCUT2D eigenvalue weighted by molar-refractivity contribution is -0.384. The van der Waals surface area contributed by atoms with Gasteiger partial charge in [-0.05, 0) is 35.4 Å². The van der Waals surface area contributed by atoms with Crippen LogP contribution in [-0.2, 0) is 16.1 Å². The second kappa shape index (κ2) is 8.91. The molecule has 2 heterocycles. The first-order valence-corrected chi connectivity index (χ1v) is 9.97. The van der Waals surface area contributed by atoms with E-state index in [9.17, 15) is 24.8 Å². The van der Waals surface area contributed by atoms with Crippen LogP contribution in [0.5, 0.6) is 5.75 Å². The van der Waals surface area contributed by atoms with Gasteiger partial charge in [0.05, 0.1) is 23.6 Å². The van der Waals surface area contributed by atoms with E-state index in [4.69, 9.17) is 4.74 Å². The SMILES string of the molecule is COc1ccc(CN2C(=O)C(=O)/C(=C(\O)c3cccc([N+](=O)[O-])c3)C2c2ccncc2)cc1. The second-order valence-corrected chi connectivity index (χ2v) is 7.36. The molecule has 2 aromatic carbocycles. The van der Waals surface area contributed by atoms with Crippen molar-refractivity contribution in [1.82, 2.24) is 9.88 Å². The summed E-state index contributed by atoms with van der Waals surface area (Å²) in [5, 5.41) is 22.2. The highest BCUT2D eigenvalue weighted by Crippen LogP contribution is 2.40. The van der Waals surface area contributed by atoms with E-state index in [1.165, 1.54) is 35.5 Å². The summed E-state index contributed by atoms with van der Waals surface area (Å²) in [6.07, 6.45) is 3.05. The Morgan fingerprint density at radius 1 is 1.12 bits per heavy atom. The number of nitro groups is 1. The molecule has 0 radical (unpaired) electrons. The lowest BCUT2D eigenvalue weighted by atomic mass is 9.95. The lowest BCUT2D eigenvalue weighted by Gasteiger charge is -2.25. The van der Waals surface area contributed by atoms with Gasteiger partial charge in [0.1, 0.15) is 11.5 Å². The van der Waals surface area contributed by atoms with Crippen molar-refractivity contribution >= 4 is 23.1 Å². The fraction of sp³-hybridized carbons (Fsp3) is 0.125. The maximum absolute atomic E-state index is 13.0. The summed E-state index contributed by atoms with van der Waals surface area (Å²) in [5.41, 5.74) is 1.02. The molecule has 9 heteroatoms. The summed E-state index contributed by atoms with van der Waals surface area (Å²) >= 11 is 0. The van der Waals surface area contributed by atoms with Crippen molar-refractivity contribution in [2.45, 2.75) is 12.6 Å². The predicted molar refractivity (Wildman–Crippen MR) is 118 cm³/mol. The maximum Gasteiger partial charge on any atom is 0.295 e. The second-order valence-electron chi connectivity index (χ2n) is 7.36. The number of nitrogens with zero attached hydrogens (tertiary/aromatic N) is 3. The number of non-ortho nitro benzene ring substituents is 1. The first-order chi connectivity index (χ1) is 15.9. The molecule has 4 rings (SSSR count). The molecule has 3 aromatic rings. The molecule has 1 saturated heterocycles. The molecular weight excluding hydrogens is 426 g/mol. The van der Waals surface area contributed by atoms with Crippen molar-refractivity contribution in [1.29, 1.82) is 0 Å². The minimum Gasteiger partial charge on any atom is -0.507 e. The molecular formula is C24H19N3O6. The normalized spacial score (nSPS) is 17.2. The van der Waals surface area contributed by atoms with Crippen LogP contribution >= 0.6 is 0 Å². The number of likely N-dealkylation sites (tertiary alicyclic amines) is 1. The van der Waals surface area contributed by atoms with Gasteiger partial charge in [0, 0.05) is 36.6 Å². The molecule has 1 N–H and O–H groups in total. The molecule has 1 amide bonds. The Morgan fingerprint density at radius 2 is 1.82 bits per heavy atom. The molecule has 166 valence electrons. The molecule has 1 aliphatic rings. The van der Waals surface area contributed by atoms with E-state index in [0.717, 1.165) is 11.6 Å². The molecule has 1 aromatic heterocycles. The van der Waals surface area contributed by atoms with Gasteiger partial charge in [0.25, 0.3) is 17.4 Å². The summed E-state index contributed by atoms with van der Waals surface area (Å²) in [4.78, 5) is 42.0. The largest absolute Gasteiger partial charge is 0.507 e. The minimum atomic E-state index is -0.894. The lowest BCUT2D eigenvalue weighted by Crippen LogP contribution is -2.29. The van der Waals surface area contributed by atoms with Gasteiger partial charge in [-0.3, -0.25) is 24.7 Å². The summed E-state index contributed by atoms with van der Waals surface area (Å²) in [6, 6.07) is 14.8. The molecule has 0 bridgehead atoms. The zero-order chi connectivity index (χ0) is 23.5. The van der Waals surface area contributed by atoms with Crippen molar-refractivity contribution in [2.24, 2.45) is 0 Å². The summed E-state index contributed by atoms with van der Waals surface area (Å²) < 4.78 is 5.16. The van der Waals surface area contributed by atoms with E-state index in [0.29, 0.717) is 11.3 Å². The van der Waals surface area contributed by atoms with E-state index in [2.05, 4.69) is 4.98 Å². The monoisotopic (exact) mass is 445 g/mol. The van der Waals surface area contributed by atoms with Crippen molar-refractivity contribution < 1.29 is 24.4 Å². The Labute approximate surface area is 188 Å². The number of ketones is 1. The Morgan fingerprint density at radius 3 is 2.45 bits per heavy atom. The van der Waals surface area contributed by atoms with Crippen LogP contribution < -0.4 is 4.74 Å². The van der Waals surface area contributed by atoms with Crippen LogP contribution in [0.3, 0.4) is 0 Å². The molecule has 9 nitrogen and oxygen atoms in total. The average Bonchev–Trinajstić information content (AvgIpc) is 3.09. The van der Waals surface area contributed by atoms with Crippen LogP contribution in [0.25, 0.3) is 5.76 Å². The highest BCUT2D eigenvalue weighted by Gasteiger charge is 2.46. The van der Waals surface area contributed by atoms with Gasteiger partial charge in [0.15, 0.2) is 0 Å². The number of carbonyl (C=O) groups is 2. The highest BCUT2D eigenvalue weighted by atomic mass is 16.6. The predicted octanol–water partition coefficient (Wildman–Crippen LogP) is 3.62. The molecule has 0 aliphatic carbocycles. The quantitative estimate of drug-likeness (QED) is 0.202. The fourth-order valence-electron chi connectivity index (χ4n) is 3.79. The third kappa shape index (κ3) is 4.16. The molecule has 1 unspecified atom stereocenters. The van der Waals surface area contributed by atoms with Gasteiger partial charge < -0.3 is 14.7 Å². The number of aliphatic hydroxyl groups is 1. The fourth-order valence-corrected chi connectivity index (χ4v) is 3.79. The molecule has 1 fully saturated rings. The van der Waals surface area contributed by atoms with Gasteiger partial charge in [-0.1, -0.05) is 24.3 Å². The first-order valence-electron chi connectivity index (χ1n) is 9.97. The number of aliphatic hydroxyl groups excluding tert-OH is 1. The third-order valence-corrected chi connectivity index (χ3v) is 5.40. The van der Waals surface area contributed by atoms with E-state index in [-0.39, 0.29) is 23.4 Å². The molecule has 33 heavy (non-hydrogen) atoms. The molecule has 0 spiro atoms. The van der Waals surface area contributed by atoms with Gasteiger partial charge in [0.2, 0.25) is 0 Å². The Kier molecular flexibility index (Phi) is 5.86. The van der Waals surface area contributed by atoms with Crippen LogP contribution in [-0.4, -0.2) is 38.7 Å². The Bertz CT molecular complexity index is 1250. The van der Waals surface area contributed by atoms with E-state index in [1.807, 2.05) is 0 Å². The number of methoxy groups -OCH3 is 1. The highest BCUT2D eigenvalue weighted by molar-refractivity contribution is 6.46. The number of rotatable bonds is 6. The van der Waals surface area contributed by atoms with Crippen molar-refractivity contribution in [3.05, 3.63) is 105 Å². The topological polar surface area (TPSA) is 123 Å². The molecule has 0 saturated carbocycles. The van der Waals surface area contributed by atoms with Gasteiger partial charge in [-0.15, -0.1) is 0 Å². The smallest absolute Gasteiger partial charge is 0.295 e. The van der Waals surface area contributed by atoms with Crippen LogP contribution in [0, 0.1) is 10.1 Å². The van der Waals surface area contributed by atoms with Crippen LogP contribution in [0.15, 0.2) is 78.6 Å². The number of aromatic nitrogens is 1. The number of pyridine rings is 1. The van der Waals surface area contributed by atoms with E-state index < -0.39 is 28.4 Å². The van der Waals surface area contributed by atoms with Gasteiger partial charge in [-0.25, -0.2) is 0 Å². The maximum atomic E-state index is 13.0. The number of amides is 1. The van der Waals surface area contributed by atoms with Crippen LogP contribution in [0.2, 0.25) is 0 Å². The van der Waals surface area contributed by atoms with Gasteiger partial charge in [-0.2, -0.15) is 0 Å². The summed E-state index contributed by atoms with van der Waals surface area (Å²) in [7, 11) is 1.55. The number of hydrogen-bond acceptors (Lipinski definition) is 7. The minimum absolute atomic E-state index is 0.0747. The number of hydrogen-bond donors (Lipinski definition) is 1. The number of ether oxygens (including phenoxy) is 1. The Balaban J connectivity index is 1.82. The Hall–Kier alpha value is -4.53. The number of Topliss-reactive ketones (excluding diaryl/α,β-unsaturated/α-hetero) is 1. The zero-order valence-electron chi connectivity index (χ0n) is 17.5. The average molecular weight is 445 g/mol. The molecule has 1 atom stereocenters.